The van der Waals surface area contributed by atoms with Gasteiger partial charge in [0.2, 0.25) is 17.7 Å². The third-order valence-electron chi connectivity index (χ3n) is 9.03. The Morgan fingerprint density at radius 2 is 0.524 bits per heavy atom. The third kappa shape index (κ3) is 54.5. The molecule has 0 bridgehead atoms. The molecule has 0 fully saturated rings. The molecule has 0 saturated heterocycles. The molecule has 0 aliphatic heterocycles. The summed E-state index contributed by atoms with van der Waals surface area (Å²) in [4.78, 5) is 97.5. The summed E-state index contributed by atoms with van der Waals surface area (Å²) in [5.41, 5.74) is 0. The first kappa shape index (κ1) is 72.8. The minimum atomic E-state index is -1.50. The van der Waals surface area contributed by atoms with E-state index in [1.165, 1.54) is 64.2 Å². The van der Waals surface area contributed by atoms with Crippen molar-refractivity contribution in [2.24, 2.45) is 0 Å². The Labute approximate surface area is 440 Å². The van der Waals surface area contributed by atoms with E-state index in [0.29, 0.717) is 19.3 Å². The van der Waals surface area contributed by atoms with Crippen LogP contribution in [0.1, 0.15) is 194 Å². The second-order valence-electron chi connectivity index (χ2n) is 14.7. The first-order valence-corrected chi connectivity index (χ1v) is 21.6. The fourth-order valence-corrected chi connectivity index (χ4v) is 5.63. The van der Waals surface area contributed by atoms with Gasteiger partial charge in [0, 0.05) is 56.4 Å². The number of nitrogens with one attached hydrogen (secondary N) is 3. The summed E-state index contributed by atoms with van der Waals surface area (Å²) in [5.74, 6) is -9.84. The Balaban J connectivity index is -0.000000191. The molecule has 0 unspecified atom stereocenters. The smallest absolute Gasteiger partial charge is 0.550 e. The van der Waals surface area contributed by atoms with Gasteiger partial charge in [-0.15, -0.1) is 0 Å². The van der Waals surface area contributed by atoms with Gasteiger partial charge in [-0.05, 0) is 19.3 Å². The van der Waals surface area contributed by atoms with Gasteiger partial charge >= 0.3 is 107 Å². The summed E-state index contributed by atoms with van der Waals surface area (Å²) in [6, 6.07) is -4.22. The monoisotopic (exact) mass is 927 g/mol. The van der Waals surface area contributed by atoms with Crippen LogP contribution in [-0.4, -0.2) is 87.0 Å². The molecule has 0 saturated carbocycles. The van der Waals surface area contributed by atoms with E-state index in [-0.39, 0.29) is 108 Å². The molecule has 0 aromatic rings. The van der Waals surface area contributed by atoms with Gasteiger partial charge in [0.15, 0.2) is 0 Å². The number of aliphatic carboxylic acids is 6. The maximum absolute atomic E-state index is 11.6. The molecular formula is C42H72N3Na3O15. The number of rotatable bonds is 36. The van der Waals surface area contributed by atoms with Crippen LogP contribution >= 0.6 is 0 Å². The quantitative estimate of drug-likeness (QED) is 0.0252. The van der Waals surface area contributed by atoms with Crippen molar-refractivity contribution >= 4 is 53.5 Å². The minimum absolute atomic E-state index is 0. The van der Waals surface area contributed by atoms with Gasteiger partial charge in [0.05, 0.1) is 0 Å². The molecule has 0 heterocycles. The van der Waals surface area contributed by atoms with Crippen LogP contribution in [-0.2, 0) is 43.2 Å². The van der Waals surface area contributed by atoms with Crippen molar-refractivity contribution < 1.29 is 162 Å². The van der Waals surface area contributed by atoms with Crippen molar-refractivity contribution in [3.8, 4) is 0 Å². The van der Waals surface area contributed by atoms with Crippen molar-refractivity contribution in [3.05, 3.63) is 0 Å². The van der Waals surface area contributed by atoms with Crippen LogP contribution in [0.3, 0.4) is 0 Å². The number of carbonyl (C=O) groups is 9. The van der Waals surface area contributed by atoms with Crippen LogP contribution < -0.4 is 120 Å². The molecule has 0 aromatic heterocycles. The second kappa shape index (κ2) is 51.2. The Kier molecular flexibility index (Phi) is 59.2. The summed E-state index contributed by atoms with van der Waals surface area (Å²) in [5, 5.41) is 63.8. The standard InChI is InChI=1S/2C16H29NO5.C10H17NO5.3Na/c2*1-2-3-4-5-6-7-8-9-10-11-14(18)17-13(16(21)22)12-15(19)20;1-2-3-4-5-8(12)11-7(10(15)16)6-9(13)14;;;/h2*13H,2-12H2,1H3,(H,17,18)(H,19,20)(H,21,22);7H,2-6H2,1H3,(H,11,12)(H,13,14)(H,15,16);;;/q;;;3*+1/p-3/t2*13-;7-;;;/m000.../s1. The van der Waals surface area contributed by atoms with Crippen LogP contribution in [0.5, 0.6) is 0 Å². The average Bonchev–Trinajstić information content (AvgIpc) is 3.15. The average molecular weight is 928 g/mol. The molecular weight excluding hydrogens is 855 g/mol. The van der Waals surface area contributed by atoms with Crippen LogP contribution in [0.2, 0.25) is 0 Å². The maximum atomic E-state index is 11.6. The molecule has 63 heavy (non-hydrogen) atoms. The summed E-state index contributed by atoms with van der Waals surface area (Å²) < 4.78 is 0. The molecule has 0 aromatic carbocycles. The van der Waals surface area contributed by atoms with Crippen molar-refractivity contribution in [1.82, 2.24) is 16.0 Å². The number of carboxylic acid groups (broad SMARTS) is 6. The Hall–Kier alpha value is -1.77. The number of carboxylic acids is 6. The predicted octanol–water partition coefficient (Wildman–Crippen LogP) is -6.48. The molecule has 348 valence electrons. The predicted molar refractivity (Wildman–Crippen MR) is 215 cm³/mol. The second-order valence-corrected chi connectivity index (χ2v) is 14.7. The molecule has 0 spiro atoms. The SMILES string of the molecule is CCCCCC(=O)N[C@@H](CC(=O)[O-])C(=O)O.CCCCCCCCCCCC(=O)N[C@@H](CC(=O)[O-])C(=O)O.CCCCCCCCCCCC(=O)N[C@@H](CC(=O)[O-])C(=O)O.[Na+].[Na+].[Na+]. The Bertz CT molecular complexity index is 1200. The van der Waals surface area contributed by atoms with Gasteiger partial charge in [0.1, 0.15) is 18.1 Å². The van der Waals surface area contributed by atoms with E-state index in [0.717, 1.165) is 51.4 Å². The topological polar surface area (TPSA) is 320 Å². The first-order chi connectivity index (χ1) is 28.4. The van der Waals surface area contributed by atoms with Crippen LogP contribution in [0.25, 0.3) is 0 Å². The number of amides is 3. The van der Waals surface area contributed by atoms with E-state index < -0.39 is 90.9 Å². The van der Waals surface area contributed by atoms with Crippen LogP contribution in [0.4, 0.5) is 0 Å². The molecule has 0 radical (unpaired) electrons. The van der Waals surface area contributed by atoms with Crippen LogP contribution in [0, 0.1) is 0 Å². The number of hydrogen-bond donors (Lipinski definition) is 6. The van der Waals surface area contributed by atoms with E-state index in [4.69, 9.17) is 15.3 Å². The van der Waals surface area contributed by atoms with E-state index in [2.05, 4.69) is 29.8 Å². The van der Waals surface area contributed by atoms with Gasteiger partial charge in [-0.1, -0.05) is 136 Å². The van der Waals surface area contributed by atoms with Gasteiger partial charge in [-0.25, -0.2) is 14.4 Å². The zero-order valence-corrected chi connectivity index (χ0v) is 45.1. The van der Waals surface area contributed by atoms with Crippen molar-refractivity contribution in [1.29, 1.82) is 0 Å². The Morgan fingerprint density at radius 1 is 0.349 bits per heavy atom. The summed E-state index contributed by atoms with van der Waals surface area (Å²) in [7, 11) is 0. The molecule has 6 N–H and O–H groups in total. The van der Waals surface area contributed by atoms with Crippen molar-refractivity contribution in [2.45, 2.75) is 212 Å². The number of unbranched alkanes of at least 4 members (excludes halogenated alkanes) is 18. The van der Waals surface area contributed by atoms with Crippen molar-refractivity contribution in [2.75, 3.05) is 0 Å². The van der Waals surface area contributed by atoms with Gasteiger partial charge in [-0.2, -0.15) is 0 Å². The molecule has 3 amide bonds. The normalized spacial score (nSPS) is 11.3. The molecule has 21 heteroatoms. The summed E-state index contributed by atoms with van der Waals surface area (Å²) in [6.07, 6.45) is 21.3. The molecule has 0 aliphatic carbocycles. The van der Waals surface area contributed by atoms with E-state index in [9.17, 15) is 58.5 Å². The number of carbonyl (C=O) groups excluding carboxylic acids is 6. The fraction of sp³-hybridized carbons (Fsp3) is 0.786. The van der Waals surface area contributed by atoms with Gasteiger partial charge in [-0.3, -0.25) is 14.4 Å². The zero-order valence-electron chi connectivity index (χ0n) is 39.1. The Morgan fingerprint density at radius 3 is 0.714 bits per heavy atom. The van der Waals surface area contributed by atoms with E-state index in [1.807, 2.05) is 6.92 Å². The van der Waals surface area contributed by atoms with Gasteiger partial charge < -0.3 is 61.0 Å². The van der Waals surface area contributed by atoms with Crippen molar-refractivity contribution in [3.63, 3.8) is 0 Å². The van der Waals surface area contributed by atoms with E-state index >= 15 is 0 Å². The zero-order chi connectivity index (χ0) is 46.1. The molecule has 18 nitrogen and oxygen atoms in total. The number of hydrogen-bond acceptors (Lipinski definition) is 12. The first-order valence-electron chi connectivity index (χ1n) is 21.6. The molecule has 3 atom stereocenters. The van der Waals surface area contributed by atoms with E-state index in [1.54, 1.807) is 0 Å². The third-order valence-corrected chi connectivity index (χ3v) is 9.03. The largest absolute Gasteiger partial charge is 1.00 e. The molecule has 0 aliphatic rings. The fourth-order valence-electron chi connectivity index (χ4n) is 5.63. The van der Waals surface area contributed by atoms with Gasteiger partial charge in [0.25, 0.3) is 0 Å². The summed E-state index contributed by atoms with van der Waals surface area (Å²) in [6.45, 7) is 6.36. The molecule has 0 rings (SSSR count). The minimum Gasteiger partial charge on any atom is -0.550 e. The summed E-state index contributed by atoms with van der Waals surface area (Å²) >= 11 is 0. The maximum Gasteiger partial charge on any atom is 1.00 e. The van der Waals surface area contributed by atoms with Crippen LogP contribution in [0.15, 0.2) is 0 Å².